The van der Waals surface area contributed by atoms with E-state index >= 15 is 0 Å². The number of methoxy groups -OCH3 is 1. The molecule has 8 heteroatoms. The molecule has 18 heavy (non-hydrogen) atoms. The smallest absolute Gasteiger partial charge is 0.453 e. The normalized spacial score (nSPS) is 19.2. The molecule has 8 nitrogen and oxygen atoms in total. The van der Waals surface area contributed by atoms with Crippen molar-refractivity contribution in [3.8, 4) is 0 Å². The van der Waals surface area contributed by atoms with Crippen molar-refractivity contribution in [1.82, 2.24) is 5.32 Å². The Hall–Kier alpha value is -2.25. The maximum Gasteiger partial charge on any atom is 0.509 e. The Bertz CT molecular complexity index is 378. The number of alkyl carbamates (subject to hydrolysis) is 1. The fourth-order valence-electron chi connectivity index (χ4n) is 1.12. The molecule has 1 fully saturated rings. The molecule has 1 heterocycles. The molecule has 100 valence electrons. The second-order valence-corrected chi connectivity index (χ2v) is 3.38. The summed E-state index contributed by atoms with van der Waals surface area (Å²) < 4.78 is 18.3. The van der Waals surface area contributed by atoms with E-state index in [1.807, 2.05) is 0 Å². The Morgan fingerprint density at radius 3 is 2.72 bits per heavy atom. The predicted octanol–water partition coefficient (Wildman–Crippen LogP) is 0.323. The highest BCUT2D eigenvalue weighted by molar-refractivity contribution is 5.89. The minimum Gasteiger partial charge on any atom is -0.453 e. The van der Waals surface area contributed by atoms with Crippen LogP contribution in [0.1, 0.15) is 6.92 Å². The number of esters is 1. The van der Waals surface area contributed by atoms with Gasteiger partial charge in [-0.25, -0.2) is 14.4 Å². The van der Waals surface area contributed by atoms with Gasteiger partial charge in [-0.2, -0.15) is 0 Å². The number of carbonyl (C=O) groups is 3. The number of rotatable bonds is 4. The van der Waals surface area contributed by atoms with Gasteiger partial charge in [-0.15, -0.1) is 0 Å². The molecule has 1 saturated heterocycles. The molecule has 1 N–H and O–H groups in total. The number of cyclic esters (lactones) is 2. The maximum atomic E-state index is 11.6. The molecular formula is C10H13NO7. The summed E-state index contributed by atoms with van der Waals surface area (Å²) >= 11 is 0. The van der Waals surface area contributed by atoms with Crippen molar-refractivity contribution in [2.75, 3.05) is 13.7 Å². The highest BCUT2D eigenvalue weighted by Gasteiger charge is 2.32. The lowest BCUT2D eigenvalue weighted by molar-refractivity contribution is -0.145. The fraction of sp³-hybridized carbons (Fsp3) is 0.500. The second-order valence-electron chi connectivity index (χ2n) is 3.38. The lowest BCUT2D eigenvalue weighted by Crippen LogP contribution is -2.37. The van der Waals surface area contributed by atoms with Gasteiger partial charge in [0.2, 0.25) is 0 Å². The van der Waals surface area contributed by atoms with Crippen molar-refractivity contribution in [3.05, 3.63) is 12.2 Å². The van der Waals surface area contributed by atoms with E-state index in [1.54, 1.807) is 0 Å². The summed E-state index contributed by atoms with van der Waals surface area (Å²) in [6, 6.07) is 0. The summed E-state index contributed by atoms with van der Waals surface area (Å²) in [6.07, 6.45) is -3.37. The van der Waals surface area contributed by atoms with Gasteiger partial charge in [-0.1, -0.05) is 6.58 Å². The molecule has 0 aromatic carbocycles. The largest absolute Gasteiger partial charge is 0.509 e. The lowest BCUT2D eigenvalue weighted by Gasteiger charge is -2.16. The first-order valence-corrected chi connectivity index (χ1v) is 5.01. The molecule has 0 aliphatic carbocycles. The van der Waals surface area contributed by atoms with Crippen LogP contribution >= 0.6 is 0 Å². The topological polar surface area (TPSA) is 100 Å². The van der Waals surface area contributed by atoms with Crippen molar-refractivity contribution in [1.29, 1.82) is 0 Å². The summed E-state index contributed by atoms with van der Waals surface area (Å²) in [7, 11) is 1.18. The number of amides is 1. The predicted molar refractivity (Wildman–Crippen MR) is 56.5 cm³/mol. The third-order valence-corrected chi connectivity index (χ3v) is 2.03. The van der Waals surface area contributed by atoms with Gasteiger partial charge in [0.1, 0.15) is 6.61 Å². The van der Waals surface area contributed by atoms with E-state index in [1.165, 1.54) is 14.0 Å². The lowest BCUT2D eigenvalue weighted by atomic mass is 10.2. The van der Waals surface area contributed by atoms with Crippen LogP contribution in [0.5, 0.6) is 0 Å². The van der Waals surface area contributed by atoms with Gasteiger partial charge in [-0.3, -0.25) is 5.32 Å². The van der Waals surface area contributed by atoms with Crippen LogP contribution in [0.2, 0.25) is 0 Å². The van der Waals surface area contributed by atoms with Gasteiger partial charge in [-0.05, 0) is 6.92 Å². The third-order valence-electron chi connectivity index (χ3n) is 2.03. The Morgan fingerprint density at radius 1 is 1.56 bits per heavy atom. The Kier molecular flexibility index (Phi) is 4.52. The maximum absolute atomic E-state index is 11.6. The van der Waals surface area contributed by atoms with Crippen LogP contribution in [-0.2, 0) is 23.7 Å². The standard InChI is InChI=1S/C10H13NO7/c1-5(7-4-16-10(14)18-7)8(12)17-6(2)11-9(13)15-3/h6-7H,1,4H2,2-3H3,(H,11,13). The highest BCUT2D eigenvalue weighted by atomic mass is 16.8. The molecule has 2 unspecified atom stereocenters. The van der Waals surface area contributed by atoms with Crippen LogP contribution in [0, 0.1) is 0 Å². The van der Waals surface area contributed by atoms with E-state index in [0.29, 0.717) is 0 Å². The van der Waals surface area contributed by atoms with Gasteiger partial charge < -0.3 is 18.9 Å². The molecule has 1 amide bonds. The number of carbonyl (C=O) groups excluding carboxylic acids is 3. The molecule has 0 saturated carbocycles. The molecule has 1 aliphatic rings. The number of hydrogen-bond acceptors (Lipinski definition) is 7. The van der Waals surface area contributed by atoms with Crippen molar-refractivity contribution < 1.29 is 33.3 Å². The summed E-state index contributed by atoms with van der Waals surface area (Å²) in [5.41, 5.74) is -0.0700. The Morgan fingerprint density at radius 2 is 2.22 bits per heavy atom. The second kappa shape index (κ2) is 5.89. The summed E-state index contributed by atoms with van der Waals surface area (Å²) in [5.74, 6) is -0.804. The molecular weight excluding hydrogens is 246 g/mol. The number of nitrogens with one attached hydrogen (secondary N) is 1. The van der Waals surface area contributed by atoms with Crippen LogP contribution in [0.15, 0.2) is 12.2 Å². The van der Waals surface area contributed by atoms with E-state index in [0.717, 1.165) is 0 Å². The van der Waals surface area contributed by atoms with Crippen molar-refractivity contribution >= 4 is 18.2 Å². The van der Waals surface area contributed by atoms with Crippen molar-refractivity contribution in [2.24, 2.45) is 0 Å². The quantitative estimate of drug-likeness (QED) is 0.336. The zero-order valence-electron chi connectivity index (χ0n) is 9.93. The molecule has 0 aromatic heterocycles. The monoisotopic (exact) mass is 259 g/mol. The van der Waals surface area contributed by atoms with E-state index < -0.39 is 30.5 Å². The van der Waals surface area contributed by atoms with E-state index in [2.05, 4.69) is 26.1 Å². The molecule has 0 spiro atoms. The van der Waals surface area contributed by atoms with Gasteiger partial charge in [0, 0.05) is 0 Å². The molecule has 1 aliphatic heterocycles. The van der Waals surface area contributed by atoms with Gasteiger partial charge >= 0.3 is 18.2 Å². The summed E-state index contributed by atoms with van der Waals surface area (Å²) in [6.45, 7) is 4.79. The summed E-state index contributed by atoms with van der Waals surface area (Å²) in [5, 5.41) is 2.23. The molecule has 0 bridgehead atoms. The average Bonchev–Trinajstić information content (AvgIpc) is 2.74. The van der Waals surface area contributed by atoms with Crippen molar-refractivity contribution in [3.63, 3.8) is 0 Å². The first-order chi connectivity index (χ1) is 8.43. The van der Waals surface area contributed by atoms with Crippen LogP contribution in [0.25, 0.3) is 0 Å². The average molecular weight is 259 g/mol. The minimum atomic E-state index is -0.903. The number of hydrogen-bond donors (Lipinski definition) is 1. The Balaban J connectivity index is 2.42. The van der Waals surface area contributed by atoms with Crippen molar-refractivity contribution in [2.45, 2.75) is 19.3 Å². The van der Waals surface area contributed by atoms with Gasteiger partial charge in [0.15, 0.2) is 12.3 Å². The van der Waals surface area contributed by atoms with Gasteiger partial charge in [0.05, 0.1) is 12.7 Å². The molecule has 2 atom stereocenters. The fourth-order valence-corrected chi connectivity index (χ4v) is 1.12. The zero-order chi connectivity index (χ0) is 13.7. The number of ether oxygens (including phenoxy) is 4. The molecule has 0 radical (unpaired) electrons. The van der Waals surface area contributed by atoms with Crippen LogP contribution in [-0.4, -0.2) is 44.3 Å². The zero-order valence-corrected chi connectivity index (χ0v) is 9.93. The molecule has 1 rings (SSSR count). The van der Waals surface area contributed by atoms with E-state index in [9.17, 15) is 14.4 Å². The first-order valence-electron chi connectivity index (χ1n) is 5.01. The van der Waals surface area contributed by atoms with Gasteiger partial charge in [0.25, 0.3) is 0 Å². The minimum absolute atomic E-state index is 0.0700. The Labute approximate surface area is 103 Å². The first kappa shape index (κ1) is 13.8. The molecule has 0 aromatic rings. The van der Waals surface area contributed by atoms with E-state index in [4.69, 9.17) is 4.74 Å². The third kappa shape index (κ3) is 3.65. The summed E-state index contributed by atoms with van der Waals surface area (Å²) in [4.78, 5) is 33.1. The van der Waals surface area contributed by atoms with Crippen LogP contribution in [0.4, 0.5) is 9.59 Å². The highest BCUT2D eigenvalue weighted by Crippen LogP contribution is 2.15. The SMILES string of the molecule is C=C(C(=O)OC(C)NC(=O)OC)C1COC(=O)O1. The van der Waals surface area contributed by atoms with Crippen LogP contribution < -0.4 is 5.32 Å². The van der Waals surface area contributed by atoms with E-state index in [-0.39, 0.29) is 12.2 Å². The van der Waals surface area contributed by atoms with Crippen LogP contribution in [0.3, 0.4) is 0 Å².